The lowest BCUT2D eigenvalue weighted by Crippen LogP contribution is -2.08. The molecule has 17 heavy (non-hydrogen) atoms. The van der Waals surface area contributed by atoms with Crippen molar-refractivity contribution >= 4 is 10.9 Å². The molecule has 92 valence electrons. The van der Waals surface area contributed by atoms with Crippen molar-refractivity contribution in [1.82, 2.24) is 4.57 Å². The molecule has 1 aromatic heterocycles. The molecular weight excluding hydrogens is 212 g/mol. The quantitative estimate of drug-likeness (QED) is 0.860. The Balaban J connectivity index is 2.54. The van der Waals surface area contributed by atoms with Crippen LogP contribution in [0.25, 0.3) is 10.9 Å². The number of hydrogen-bond acceptors (Lipinski definition) is 2. The van der Waals surface area contributed by atoms with Crippen LogP contribution in [-0.4, -0.2) is 18.2 Å². The highest BCUT2D eigenvalue weighted by Crippen LogP contribution is 2.26. The standard InChI is InChI=1S/C14H20N2O/c1-3-4-11-10-16(8-7-15)14-9-12(17-2)5-6-13(11)14/h5-6,9-10H,3-4,7-8,15H2,1-2H3. The van der Waals surface area contributed by atoms with Gasteiger partial charge >= 0.3 is 0 Å². The van der Waals surface area contributed by atoms with Gasteiger partial charge in [-0.2, -0.15) is 0 Å². The Labute approximate surface area is 102 Å². The molecule has 0 amide bonds. The molecule has 1 heterocycles. The smallest absolute Gasteiger partial charge is 0.120 e. The Bertz CT molecular complexity index is 502. The summed E-state index contributed by atoms with van der Waals surface area (Å²) in [6, 6.07) is 6.25. The summed E-state index contributed by atoms with van der Waals surface area (Å²) in [5, 5.41) is 1.32. The molecule has 2 N–H and O–H groups in total. The summed E-state index contributed by atoms with van der Waals surface area (Å²) in [6.07, 6.45) is 4.49. The summed E-state index contributed by atoms with van der Waals surface area (Å²) >= 11 is 0. The molecule has 1 aromatic carbocycles. The topological polar surface area (TPSA) is 40.2 Å². The maximum atomic E-state index is 5.65. The molecule has 3 nitrogen and oxygen atoms in total. The Morgan fingerprint density at radius 1 is 1.35 bits per heavy atom. The molecule has 0 aliphatic carbocycles. The second-order valence-electron chi connectivity index (χ2n) is 4.27. The van der Waals surface area contributed by atoms with Gasteiger partial charge in [0.1, 0.15) is 5.75 Å². The molecule has 0 aliphatic heterocycles. The van der Waals surface area contributed by atoms with Crippen LogP contribution in [0.1, 0.15) is 18.9 Å². The lowest BCUT2D eigenvalue weighted by Gasteiger charge is -2.04. The van der Waals surface area contributed by atoms with Crippen molar-refractivity contribution < 1.29 is 4.74 Å². The van der Waals surface area contributed by atoms with Crippen LogP contribution in [0.3, 0.4) is 0 Å². The van der Waals surface area contributed by atoms with Gasteiger partial charge in [-0.05, 0) is 24.1 Å². The predicted octanol–water partition coefficient (Wildman–Crippen LogP) is 2.56. The highest BCUT2D eigenvalue weighted by molar-refractivity contribution is 5.85. The van der Waals surface area contributed by atoms with Gasteiger partial charge < -0.3 is 15.0 Å². The van der Waals surface area contributed by atoms with E-state index in [1.165, 1.54) is 16.5 Å². The summed E-state index contributed by atoms with van der Waals surface area (Å²) in [6.45, 7) is 3.72. The first kappa shape index (κ1) is 12.0. The van der Waals surface area contributed by atoms with Crippen molar-refractivity contribution in [1.29, 1.82) is 0 Å². The minimum atomic E-state index is 0.659. The summed E-state index contributed by atoms with van der Waals surface area (Å²) in [5.41, 5.74) is 8.28. The van der Waals surface area contributed by atoms with Gasteiger partial charge in [0.25, 0.3) is 0 Å². The van der Waals surface area contributed by atoms with Crippen molar-refractivity contribution in [3.8, 4) is 5.75 Å². The van der Waals surface area contributed by atoms with E-state index in [4.69, 9.17) is 10.5 Å². The van der Waals surface area contributed by atoms with Crippen molar-refractivity contribution in [2.75, 3.05) is 13.7 Å². The molecule has 0 fully saturated rings. The SMILES string of the molecule is CCCc1cn(CCN)c2cc(OC)ccc12. The molecule has 0 atom stereocenters. The van der Waals surface area contributed by atoms with Gasteiger partial charge in [0, 0.05) is 30.7 Å². The highest BCUT2D eigenvalue weighted by Gasteiger charge is 2.08. The van der Waals surface area contributed by atoms with Crippen LogP contribution < -0.4 is 10.5 Å². The molecule has 0 saturated heterocycles. The van der Waals surface area contributed by atoms with Crippen molar-refractivity contribution in [2.45, 2.75) is 26.3 Å². The predicted molar refractivity (Wildman–Crippen MR) is 71.5 cm³/mol. The van der Waals surface area contributed by atoms with Crippen LogP contribution in [0.4, 0.5) is 0 Å². The van der Waals surface area contributed by atoms with Crippen molar-refractivity contribution in [3.63, 3.8) is 0 Å². The Kier molecular flexibility index (Phi) is 3.69. The number of ether oxygens (including phenoxy) is 1. The number of fused-ring (bicyclic) bond motifs is 1. The largest absolute Gasteiger partial charge is 0.497 e. The number of hydrogen-bond donors (Lipinski definition) is 1. The number of benzene rings is 1. The number of nitrogens with zero attached hydrogens (tertiary/aromatic N) is 1. The monoisotopic (exact) mass is 232 g/mol. The summed E-state index contributed by atoms with van der Waals surface area (Å²) in [5.74, 6) is 0.900. The fourth-order valence-electron chi connectivity index (χ4n) is 2.27. The molecule has 2 rings (SSSR count). The summed E-state index contributed by atoms with van der Waals surface area (Å²) in [4.78, 5) is 0. The van der Waals surface area contributed by atoms with E-state index in [0.717, 1.165) is 25.1 Å². The fourth-order valence-corrected chi connectivity index (χ4v) is 2.27. The van der Waals surface area contributed by atoms with E-state index in [1.54, 1.807) is 7.11 Å². The zero-order valence-corrected chi connectivity index (χ0v) is 10.6. The average Bonchev–Trinajstić information content (AvgIpc) is 2.68. The van der Waals surface area contributed by atoms with E-state index >= 15 is 0 Å². The first-order chi connectivity index (χ1) is 8.30. The summed E-state index contributed by atoms with van der Waals surface area (Å²) < 4.78 is 7.51. The van der Waals surface area contributed by atoms with E-state index in [1.807, 2.05) is 6.07 Å². The first-order valence-corrected chi connectivity index (χ1v) is 6.16. The molecule has 0 radical (unpaired) electrons. The van der Waals surface area contributed by atoms with E-state index in [9.17, 15) is 0 Å². The van der Waals surface area contributed by atoms with Crippen LogP contribution in [0.2, 0.25) is 0 Å². The number of rotatable bonds is 5. The van der Waals surface area contributed by atoms with Gasteiger partial charge in [-0.1, -0.05) is 13.3 Å². The lowest BCUT2D eigenvalue weighted by molar-refractivity contribution is 0.415. The van der Waals surface area contributed by atoms with Gasteiger partial charge in [-0.15, -0.1) is 0 Å². The Hall–Kier alpha value is -1.48. The van der Waals surface area contributed by atoms with Gasteiger partial charge in [0.2, 0.25) is 0 Å². The molecule has 0 aliphatic rings. The van der Waals surface area contributed by atoms with Gasteiger partial charge in [-0.25, -0.2) is 0 Å². The van der Waals surface area contributed by atoms with Crippen LogP contribution in [0, 0.1) is 0 Å². The third-order valence-electron chi connectivity index (χ3n) is 3.06. The minimum Gasteiger partial charge on any atom is -0.497 e. The zero-order chi connectivity index (χ0) is 12.3. The van der Waals surface area contributed by atoms with Crippen LogP contribution in [-0.2, 0) is 13.0 Å². The summed E-state index contributed by atoms with van der Waals surface area (Å²) in [7, 11) is 1.70. The van der Waals surface area contributed by atoms with Crippen molar-refractivity contribution in [3.05, 3.63) is 30.0 Å². The van der Waals surface area contributed by atoms with Crippen molar-refractivity contribution in [2.24, 2.45) is 5.73 Å². The third kappa shape index (κ3) is 2.29. The molecular formula is C14H20N2O. The number of methoxy groups -OCH3 is 1. The van der Waals surface area contributed by atoms with Crippen LogP contribution in [0.5, 0.6) is 5.75 Å². The van der Waals surface area contributed by atoms with E-state index < -0.39 is 0 Å². The molecule has 2 aromatic rings. The maximum Gasteiger partial charge on any atom is 0.120 e. The van der Waals surface area contributed by atoms with Gasteiger partial charge in [-0.3, -0.25) is 0 Å². The van der Waals surface area contributed by atoms with Gasteiger partial charge in [0.05, 0.1) is 12.6 Å². The number of aromatic nitrogens is 1. The van der Waals surface area contributed by atoms with Gasteiger partial charge in [0.15, 0.2) is 0 Å². The average molecular weight is 232 g/mol. The minimum absolute atomic E-state index is 0.659. The van der Waals surface area contributed by atoms with Crippen LogP contribution >= 0.6 is 0 Å². The fraction of sp³-hybridized carbons (Fsp3) is 0.429. The highest BCUT2D eigenvalue weighted by atomic mass is 16.5. The maximum absolute atomic E-state index is 5.65. The van der Waals surface area contributed by atoms with E-state index in [2.05, 4.69) is 29.8 Å². The number of nitrogens with two attached hydrogens (primary N) is 1. The zero-order valence-electron chi connectivity index (χ0n) is 10.6. The normalized spacial score (nSPS) is 11.0. The molecule has 0 saturated carbocycles. The lowest BCUT2D eigenvalue weighted by atomic mass is 10.1. The molecule has 0 spiro atoms. The second-order valence-corrected chi connectivity index (χ2v) is 4.27. The van der Waals surface area contributed by atoms with E-state index in [0.29, 0.717) is 6.54 Å². The Morgan fingerprint density at radius 3 is 2.82 bits per heavy atom. The molecule has 0 bridgehead atoms. The molecule has 0 unspecified atom stereocenters. The Morgan fingerprint density at radius 2 is 2.18 bits per heavy atom. The number of aryl methyl sites for hydroxylation is 1. The van der Waals surface area contributed by atoms with E-state index in [-0.39, 0.29) is 0 Å². The second kappa shape index (κ2) is 5.23. The molecule has 3 heteroatoms. The third-order valence-corrected chi connectivity index (χ3v) is 3.06. The first-order valence-electron chi connectivity index (χ1n) is 6.16. The van der Waals surface area contributed by atoms with Crippen LogP contribution in [0.15, 0.2) is 24.4 Å².